The molecule has 1 aliphatic heterocycles. The molecule has 1 unspecified atom stereocenters. The van der Waals surface area contributed by atoms with Crippen LogP contribution in [-0.4, -0.2) is 57.6 Å². The van der Waals surface area contributed by atoms with Crippen LogP contribution in [0.25, 0.3) is 11.2 Å². The molecule has 1 aliphatic rings. The second-order valence-corrected chi connectivity index (χ2v) is 11.9. The minimum atomic E-state index is -1.19. The maximum atomic E-state index is 10.7. The van der Waals surface area contributed by atoms with Gasteiger partial charge in [-0.25, -0.2) is 9.97 Å². The number of hydrogen-bond donors (Lipinski definition) is 2. The molecular formula is C17H27N4O2P. The van der Waals surface area contributed by atoms with Crippen LogP contribution in [0, 0.1) is 11.8 Å². The van der Waals surface area contributed by atoms with Gasteiger partial charge in [-0.3, -0.25) is 4.57 Å². The van der Waals surface area contributed by atoms with Crippen LogP contribution >= 0.6 is 6.89 Å². The molecule has 1 saturated heterocycles. The van der Waals surface area contributed by atoms with Crippen molar-refractivity contribution in [1.29, 1.82) is 0 Å². The summed E-state index contributed by atoms with van der Waals surface area (Å²) in [5.41, 5.74) is 7.92. The van der Waals surface area contributed by atoms with E-state index in [1.807, 2.05) is 11.5 Å². The van der Waals surface area contributed by atoms with E-state index < -0.39 is 13.0 Å². The third-order valence-corrected chi connectivity index (χ3v) is 6.30. The molecule has 3 heterocycles. The minimum Gasteiger partial charge on any atom is -0.397 e. The van der Waals surface area contributed by atoms with Gasteiger partial charge in [0.15, 0.2) is 5.65 Å². The molecule has 3 N–H and O–H groups in total. The molecule has 3 rings (SSSR count). The van der Waals surface area contributed by atoms with E-state index in [0.717, 1.165) is 6.16 Å². The Kier molecular flexibility index (Phi) is 4.49. The van der Waals surface area contributed by atoms with Gasteiger partial charge in [-0.1, -0.05) is 13.8 Å². The molecule has 2 aromatic heterocycles. The highest BCUT2D eigenvalue weighted by Gasteiger charge is 2.44. The third-order valence-electron chi connectivity index (χ3n) is 4.73. The predicted molar refractivity (Wildman–Crippen MR) is 101 cm³/mol. The van der Waals surface area contributed by atoms with Crippen LogP contribution in [0.1, 0.15) is 20.1 Å². The number of nitrogens with two attached hydrogens (primary N) is 1. The highest BCUT2D eigenvalue weighted by Crippen LogP contribution is 2.44. The lowest BCUT2D eigenvalue weighted by atomic mass is 9.95. The molecule has 0 radical (unpaired) electrons. The summed E-state index contributed by atoms with van der Waals surface area (Å²) in [4.78, 5) is 8.75. The Morgan fingerprint density at radius 3 is 2.83 bits per heavy atom. The zero-order valence-electron chi connectivity index (χ0n) is 14.8. The summed E-state index contributed by atoms with van der Waals surface area (Å²) in [5.74, 6) is 0.199. The summed E-state index contributed by atoms with van der Waals surface area (Å²) >= 11 is 0. The molecule has 1 fully saturated rings. The lowest BCUT2D eigenvalue weighted by Gasteiger charge is -2.26. The van der Waals surface area contributed by atoms with Gasteiger partial charge in [0.1, 0.15) is 11.7 Å². The van der Waals surface area contributed by atoms with Crippen molar-refractivity contribution < 1.29 is 9.84 Å². The molecule has 0 saturated carbocycles. The third kappa shape index (κ3) is 3.10. The van der Waals surface area contributed by atoms with Crippen molar-refractivity contribution in [3.63, 3.8) is 0 Å². The van der Waals surface area contributed by atoms with Gasteiger partial charge < -0.3 is 15.6 Å². The number of pyridine rings is 1. The van der Waals surface area contributed by atoms with Crippen molar-refractivity contribution in [3.05, 3.63) is 18.6 Å². The van der Waals surface area contributed by atoms with Crippen molar-refractivity contribution in [1.82, 2.24) is 14.5 Å². The van der Waals surface area contributed by atoms with E-state index >= 15 is 0 Å². The maximum Gasteiger partial charge on any atom is 0.164 e. The molecule has 0 aliphatic carbocycles. The average molecular weight is 350 g/mol. The van der Waals surface area contributed by atoms with Gasteiger partial charge in [0.2, 0.25) is 0 Å². The lowest BCUT2D eigenvalue weighted by molar-refractivity contribution is -0.0411. The summed E-state index contributed by atoms with van der Waals surface area (Å²) in [6.45, 7) is 7.38. The number of imidazole rings is 1. The molecule has 0 spiro atoms. The number of hydrogen-bond acceptors (Lipinski definition) is 5. The Morgan fingerprint density at radius 2 is 2.17 bits per heavy atom. The van der Waals surface area contributed by atoms with Crippen LogP contribution in [0.2, 0.25) is 0 Å². The number of aromatic nitrogens is 3. The largest absolute Gasteiger partial charge is 0.397 e. The Morgan fingerprint density at radius 1 is 1.46 bits per heavy atom. The first-order valence-corrected chi connectivity index (χ1v) is 11.3. The molecular weight excluding hydrogens is 323 g/mol. The Bertz CT molecular complexity index is 784. The number of anilines is 1. The first-order chi connectivity index (χ1) is 11.2. The van der Waals surface area contributed by atoms with Crippen LogP contribution < -0.4 is 5.73 Å². The number of aliphatic hydroxyl groups excluding tert-OH is 1. The fourth-order valence-electron chi connectivity index (χ4n) is 3.65. The van der Waals surface area contributed by atoms with E-state index in [0.29, 0.717) is 16.9 Å². The van der Waals surface area contributed by atoms with Crippen molar-refractivity contribution in [3.8, 4) is 0 Å². The second kappa shape index (κ2) is 6.17. The highest BCUT2D eigenvalue weighted by molar-refractivity contribution is 7.72. The highest BCUT2D eigenvalue weighted by atomic mass is 31.2. The quantitative estimate of drug-likeness (QED) is 0.826. The molecule has 132 valence electrons. The monoisotopic (exact) mass is 350 g/mol. The van der Waals surface area contributed by atoms with Gasteiger partial charge in [-0.2, -0.15) is 0 Å². The summed E-state index contributed by atoms with van der Waals surface area (Å²) in [7, 11) is 0. The van der Waals surface area contributed by atoms with Crippen LogP contribution in [0.4, 0.5) is 5.69 Å². The number of rotatable bonds is 4. The summed E-state index contributed by atoms with van der Waals surface area (Å²) in [6, 6.07) is 1.73. The Labute approximate surface area is 143 Å². The molecule has 24 heavy (non-hydrogen) atoms. The van der Waals surface area contributed by atoms with E-state index in [1.54, 1.807) is 18.6 Å². The van der Waals surface area contributed by atoms with Crippen molar-refractivity contribution in [2.75, 3.05) is 25.2 Å². The molecule has 5 atom stereocenters. The number of fused-ring (bicyclic) bond motifs is 1. The molecule has 0 aromatic carbocycles. The Hall–Kier alpha value is -1.36. The normalized spacial score (nSPS) is 29.2. The standard InChI is InChI=1S/C17H27N4O2P/c1-10(8-24(3,4)5)15-14(22)11(2)17(23-15)21-9-20-13-12(18)6-7-19-16(13)21/h6-7,9-11,14-15,17,22H,3,8H2,1-2,4-5H3,(H2,18,19)/t10?,11-,14+,15-,17-/m1/s1. The number of ether oxygens (including phenoxy) is 1. The molecule has 2 aromatic rings. The van der Waals surface area contributed by atoms with E-state index in [1.165, 1.54) is 0 Å². The van der Waals surface area contributed by atoms with Gasteiger partial charge in [0, 0.05) is 12.1 Å². The van der Waals surface area contributed by atoms with Crippen LogP contribution in [0.3, 0.4) is 0 Å². The topological polar surface area (TPSA) is 86.2 Å². The number of nitrogens with zero attached hydrogens (tertiary/aromatic N) is 3. The number of nitrogen functional groups attached to an aromatic ring is 1. The summed E-state index contributed by atoms with van der Waals surface area (Å²) in [5, 5.41) is 10.7. The molecule has 7 heteroatoms. The second-order valence-electron chi connectivity index (χ2n) is 7.66. The molecule has 6 nitrogen and oxygen atoms in total. The average Bonchev–Trinajstić information content (AvgIpc) is 3.01. The fraction of sp³-hybridized carbons (Fsp3) is 0.588. The van der Waals surface area contributed by atoms with E-state index in [2.05, 4.69) is 36.5 Å². The van der Waals surface area contributed by atoms with Crippen LogP contribution in [0.5, 0.6) is 0 Å². The van der Waals surface area contributed by atoms with Crippen LogP contribution in [-0.2, 0) is 4.74 Å². The minimum absolute atomic E-state index is 0.0515. The smallest absolute Gasteiger partial charge is 0.164 e. The molecule has 0 amide bonds. The van der Waals surface area contributed by atoms with Gasteiger partial charge in [-0.15, -0.1) is 13.2 Å². The van der Waals surface area contributed by atoms with E-state index in [-0.39, 0.29) is 24.2 Å². The van der Waals surface area contributed by atoms with E-state index in [9.17, 15) is 5.11 Å². The summed E-state index contributed by atoms with van der Waals surface area (Å²) in [6.07, 6.45) is 7.62. The molecule has 0 bridgehead atoms. The van der Waals surface area contributed by atoms with Gasteiger partial charge in [0.25, 0.3) is 0 Å². The predicted octanol–water partition coefficient (Wildman–Crippen LogP) is 2.25. The lowest BCUT2D eigenvalue weighted by Crippen LogP contribution is -2.32. The maximum absolute atomic E-state index is 10.7. The fourth-order valence-corrected chi connectivity index (χ4v) is 5.41. The van der Waals surface area contributed by atoms with Crippen molar-refractivity contribution >= 4 is 30.0 Å². The number of aliphatic hydroxyl groups is 1. The van der Waals surface area contributed by atoms with Gasteiger partial charge in [-0.05, 0) is 31.5 Å². The SMILES string of the molecule is C=P(C)(C)CC(C)[C@H]1O[C@@H](n2cnc3c(N)ccnc32)[C@H](C)[C@@H]1O. The summed E-state index contributed by atoms with van der Waals surface area (Å²) < 4.78 is 8.15. The van der Waals surface area contributed by atoms with Crippen LogP contribution in [0.15, 0.2) is 18.6 Å². The van der Waals surface area contributed by atoms with Gasteiger partial charge in [0.05, 0.1) is 24.2 Å². The van der Waals surface area contributed by atoms with E-state index in [4.69, 9.17) is 10.5 Å². The first-order valence-electron chi connectivity index (χ1n) is 8.27. The Balaban J connectivity index is 1.89. The first kappa shape index (κ1) is 17.5. The zero-order chi connectivity index (χ0) is 17.6. The van der Waals surface area contributed by atoms with Crippen molar-refractivity contribution in [2.24, 2.45) is 11.8 Å². The zero-order valence-corrected chi connectivity index (χ0v) is 15.6. The van der Waals surface area contributed by atoms with Crippen molar-refractivity contribution in [2.45, 2.75) is 32.3 Å². The van der Waals surface area contributed by atoms with Gasteiger partial charge >= 0.3 is 0 Å².